The first-order valence-electron chi connectivity index (χ1n) is 22.1. The number of hydrogen-bond donors (Lipinski definition) is 1. The van der Waals surface area contributed by atoms with Crippen molar-refractivity contribution in [3.63, 3.8) is 0 Å². The summed E-state index contributed by atoms with van der Waals surface area (Å²) in [6.45, 7) is 21.3. The molecule has 2 nitrogen and oxygen atoms in total. The van der Waals surface area contributed by atoms with Gasteiger partial charge in [-0.15, -0.1) is 0 Å². The van der Waals surface area contributed by atoms with E-state index < -0.39 is 0 Å². The predicted octanol–water partition coefficient (Wildman–Crippen LogP) is 16.7. The van der Waals surface area contributed by atoms with Gasteiger partial charge >= 0.3 is 0 Å². The standard InChI is InChI=1S/C64H52N2/c1-6-7-26-46(2)47(3)39-40-48(4)49(5)66-64(65-45-50-27-14-8-15-28-50)57-43-41-56(42-44-57)63-61(54-35-22-12-23-36-54)59(52-31-18-10-19-32-52)58(51-29-16-9-17-30-51)60(53-33-20-11-21-34-53)62(63)55-37-24-13-25-38-55/h6-44H,1-5,45H2,(H,65,66)/b26-7-,40-39-. The topological polar surface area (TPSA) is 24.4 Å². The minimum atomic E-state index is 0.528. The molecule has 0 aromatic heterocycles. The summed E-state index contributed by atoms with van der Waals surface area (Å²) in [5, 5.41) is 3.64. The lowest BCUT2D eigenvalue weighted by molar-refractivity contribution is 0.912. The van der Waals surface area contributed by atoms with E-state index in [1.807, 2.05) is 42.5 Å². The largest absolute Gasteiger partial charge is 0.365 e. The van der Waals surface area contributed by atoms with Crippen LogP contribution in [0.15, 0.2) is 297 Å². The van der Waals surface area contributed by atoms with Gasteiger partial charge in [-0.2, -0.15) is 0 Å². The maximum absolute atomic E-state index is 5.10. The van der Waals surface area contributed by atoms with Gasteiger partial charge in [-0.1, -0.05) is 270 Å². The molecule has 0 radical (unpaired) electrons. The average molecular weight is 849 g/mol. The molecule has 8 aromatic rings. The summed E-state index contributed by atoms with van der Waals surface area (Å²) in [6, 6.07) is 73.3. The van der Waals surface area contributed by atoms with E-state index in [0.29, 0.717) is 23.7 Å². The first kappa shape index (κ1) is 44.0. The summed E-state index contributed by atoms with van der Waals surface area (Å²) >= 11 is 0. The van der Waals surface area contributed by atoms with Crippen LogP contribution in [-0.2, 0) is 6.54 Å². The molecule has 8 aromatic carbocycles. The molecule has 0 unspecified atom stereocenters. The fourth-order valence-corrected chi connectivity index (χ4v) is 8.19. The Kier molecular flexibility index (Phi) is 14.1. The van der Waals surface area contributed by atoms with Crippen molar-refractivity contribution in [1.29, 1.82) is 0 Å². The minimum absolute atomic E-state index is 0.528. The van der Waals surface area contributed by atoms with Crippen LogP contribution in [0.5, 0.6) is 0 Å². The molecular weight excluding hydrogens is 797 g/mol. The first-order valence-corrected chi connectivity index (χ1v) is 22.1. The molecule has 8 rings (SSSR count). The summed E-state index contributed by atoms with van der Waals surface area (Å²) in [6.07, 6.45) is 9.19. The Morgan fingerprint density at radius 2 is 0.697 bits per heavy atom. The van der Waals surface area contributed by atoms with Crippen molar-refractivity contribution in [2.24, 2.45) is 4.99 Å². The molecule has 0 aliphatic rings. The first-order chi connectivity index (χ1) is 32.4. The Morgan fingerprint density at radius 1 is 0.379 bits per heavy atom. The zero-order valence-corrected chi connectivity index (χ0v) is 37.2. The van der Waals surface area contributed by atoms with Crippen molar-refractivity contribution in [2.75, 3.05) is 0 Å². The van der Waals surface area contributed by atoms with Crippen LogP contribution in [0.1, 0.15) is 11.1 Å². The molecule has 0 aliphatic carbocycles. The van der Waals surface area contributed by atoms with Crippen molar-refractivity contribution in [3.8, 4) is 66.8 Å². The number of benzene rings is 8. The molecule has 0 aliphatic heterocycles. The third kappa shape index (κ3) is 10.1. The number of nitrogens with one attached hydrogen (secondary N) is 1. The van der Waals surface area contributed by atoms with Gasteiger partial charge in [0, 0.05) is 12.1 Å². The molecule has 0 fully saturated rings. The zero-order chi connectivity index (χ0) is 45.7. The molecule has 0 atom stereocenters. The fourth-order valence-electron chi connectivity index (χ4n) is 8.19. The van der Waals surface area contributed by atoms with Gasteiger partial charge in [-0.3, -0.25) is 0 Å². The van der Waals surface area contributed by atoms with Crippen LogP contribution >= 0.6 is 0 Å². The minimum Gasteiger partial charge on any atom is -0.365 e. The van der Waals surface area contributed by atoms with Gasteiger partial charge in [-0.25, -0.2) is 4.99 Å². The zero-order valence-electron chi connectivity index (χ0n) is 37.2. The summed E-state index contributed by atoms with van der Waals surface area (Å²) in [5.74, 6) is 0.683. The Bertz CT molecular complexity index is 2980. The van der Waals surface area contributed by atoms with Crippen LogP contribution in [0.2, 0.25) is 0 Å². The number of rotatable bonds is 16. The third-order valence-electron chi connectivity index (χ3n) is 11.5. The van der Waals surface area contributed by atoms with E-state index in [2.05, 4.69) is 226 Å². The highest BCUT2D eigenvalue weighted by atomic mass is 15.0. The Balaban J connectivity index is 1.37. The van der Waals surface area contributed by atoms with E-state index in [1.54, 1.807) is 6.08 Å². The number of allylic oxidation sites excluding steroid dienone is 7. The number of nitrogens with zero attached hydrogens (tertiary/aromatic N) is 1. The van der Waals surface area contributed by atoms with Crippen LogP contribution < -0.4 is 5.32 Å². The second-order valence-corrected chi connectivity index (χ2v) is 15.9. The predicted molar refractivity (Wildman–Crippen MR) is 284 cm³/mol. The van der Waals surface area contributed by atoms with Crippen molar-refractivity contribution < 1.29 is 0 Å². The summed E-state index contributed by atoms with van der Waals surface area (Å²) in [4.78, 5) is 5.10. The summed E-state index contributed by atoms with van der Waals surface area (Å²) in [7, 11) is 0. The summed E-state index contributed by atoms with van der Waals surface area (Å²) in [5.41, 5.74) is 18.5. The van der Waals surface area contributed by atoms with Crippen molar-refractivity contribution in [3.05, 3.63) is 303 Å². The van der Waals surface area contributed by atoms with Crippen molar-refractivity contribution in [2.45, 2.75) is 6.54 Å². The quantitative estimate of drug-likeness (QED) is 0.0585. The lowest BCUT2D eigenvalue weighted by Crippen LogP contribution is -2.24. The van der Waals surface area contributed by atoms with Gasteiger partial charge in [0.15, 0.2) is 0 Å². The molecule has 66 heavy (non-hydrogen) atoms. The van der Waals surface area contributed by atoms with Gasteiger partial charge in [0.25, 0.3) is 0 Å². The average Bonchev–Trinajstić information content (AvgIpc) is 3.39. The van der Waals surface area contributed by atoms with Crippen LogP contribution in [0, 0.1) is 0 Å². The molecular formula is C64H52N2. The Labute approximate surface area is 390 Å². The number of aliphatic imine (C=N–C) groups is 1. The highest BCUT2D eigenvalue weighted by molar-refractivity contribution is 6.15. The highest BCUT2D eigenvalue weighted by Gasteiger charge is 2.29. The second-order valence-electron chi connectivity index (χ2n) is 15.9. The Hall–Kier alpha value is -8.59. The fraction of sp³-hybridized carbons (Fsp3) is 0.0156. The summed E-state index contributed by atoms with van der Waals surface area (Å²) < 4.78 is 0. The van der Waals surface area contributed by atoms with E-state index in [1.165, 1.54) is 16.7 Å². The van der Waals surface area contributed by atoms with Crippen LogP contribution in [0.25, 0.3) is 66.8 Å². The van der Waals surface area contributed by atoms with Crippen LogP contribution in [0.4, 0.5) is 0 Å². The third-order valence-corrected chi connectivity index (χ3v) is 11.5. The van der Waals surface area contributed by atoms with E-state index >= 15 is 0 Å². The molecule has 0 saturated carbocycles. The van der Waals surface area contributed by atoms with Crippen molar-refractivity contribution in [1.82, 2.24) is 5.32 Å². The molecule has 0 bridgehead atoms. The van der Waals surface area contributed by atoms with E-state index in [9.17, 15) is 0 Å². The molecule has 0 spiro atoms. The normalized spacial score (nSPS) is 11.4. The monoisotopic (exact) mass is 848 g/mol. The maximum Gasteiger partial charge on any atom is 0.134 e. The molecule has 2 heteroatoms. The van der Waals surface area contributed by atoms with Gasteiger partial charge in [0.1, 0.15) is 5.84 Å². The van der Waals surface area contributed by atoms with E-state index in [-0.39, 0.29) is 0 Å². The van der Waals surface area contributed by atoms with Gasteiger partial charge in [0.2, 0.25) is 0 Å². The molecule has 0 heterocycles. The maximum atomic E-state index is 5.10. The lowest BCUT2D eigenvalue weighted by Gasteiger charge is -2.29. The highest BCUT2D eigenvalue weighted by Crippen LogP contribution is 2.55. The number of hydrogen-bond acceptors (Lipinski definition) is 1. The van der Waals surface area contributed by atoms with Crippen molar-refractivity contribution >= 4 is 5.84 Å². The smallest absolute Gasteiger partial charge is 0.134 e. The molecule has 0 amide bonds. The number of amidine groups is 1. The van der Waals surface area contributed by atoms with Gasteiger partial charge in [0.05, 0.1) is 5.70 Å². The lowest BCUT2D eigenvalue weighted by atomic mass is 9.74. The van der Waals surface area contributed by atoms with E-state index in [0.717, 1.165) is 72.3 Å². The SMILES string of the molecule is C=C/C=C\C(=C)C(=C)/C=C\C(=C)C(=C)N=C(NCc1ccccc1)c1ccc(-c2c(-c3ccccc3)c(-c3ccccc3)c(-c3ccccc3)c(-c3ccccc3)c2-c2ccccc2)cc1. The van der Waals surface area contributed by atoms with Gasteiger partial charge < -0.3 is 5.32 Å². The Morgan fingerprint density at radius 3 is 1.06 bits per heavy atom. The van der Waals surface area contributed by atoms with Crippen LogP contribution in [-0.4, -0.2) is 5.84 Å². The molecule has 0 saturated heterocycles. The second kappa shape index (κ2) is 21.2. The van der Waals surface area contributed by atoms with Gasteiger partial charge in [-0.05, 0) is 89.0 Å². The van der Waals surface area contributed by atoms with Crippen LogP contribution in [0.3, 0.4) is 0 Å². The molecule has 1 N–H and O–H groups in total. The molecule has 318 valence electrons. The van der Waals surface area contributed by atoms with E-state index in [4.69, 9.17) is 4.99 Å².